The van der Waals surface area contributed by atoms with E-state index in [1.54, 1.807) is 6.07 Å². The number of carbonyl (C=O) groups excluding carboxylic acids is 1. The Bertz CT molecular complexity index is 451. The molecule has 0 fully saturated rings. The van der Waals surface area contributed by atoms with E-state index < -0.39 is 5.97 Å². The third-order valence-corrected chi connectivity index (χ3v) is 2.82. The van der Waals surface area contributed by atoms with Gasteiger partial charge in [0.05, 0.1) is 7.11 Å². The smallest absolute Gasteiger partial charge is 0.342 e. The van der Waals surface area contributed by atoms with Gasteiger partial charge < -0.3 is 14.6 Å². The monoisotopic (exact) mass is 222 g/mol. The van der Waals surface area contributed by atoms with Crippen molar-refractivity contribution < 1.29 is 19.4 Å². The van der Waals surface area contributed by atoms with Crippen LogP contribution in [0.15, 0.2) is 6.07 Å². The first kappa shape index (κ1) is 10.8. The molecular weight excluding hydrogens is 208 g/mol. The molecule has 2 rings (SSSR count). The summed E-state index contributed by atoms with van der Waals surface area (Å²) in [5.41, 5.74) is 2.03. The topological polar surface area (TPSA) is 55.8 Å². The van der Waals surface area contributed by atoms with Crippen molar-refractivity contribution in [2.45, 2.75) is 26.4 Å². The summed E-state index contributed by atoms with van der Waals surface area (Å²) >= 11 is 0. The molecule has 1 atom stereocenters. The number of rotatable bonds is 1. The van der Waals surface area contributed by atoms with E-state index in [4.69, 9.17) is 9.47 Å². The van der Waals surface area contributed by atoms with Crippen molar-refractivity contribution in [3.63, 3.8) is 0 Å². The molecule has 86 valence electrons. The molecule has 0 aliphatic carbocycles. The van der Waals surface area contributed by atoms with Crippen LogP contribution < -0.4 is 4.74 Å². The molecule has 0 aromatic heterocycles. The second-order valence-corrected chi connectivity index (χ2v) is 4.02. The third kappa shape index (κ3) is 1.50. The highest BCUT2D eigenvalue weighted by Gasteiger charge is 2.30. The van der Waals surface area contributed by atoms with E-state index in [9.17, 15) is 9.90 Å². The van der Waals surface area contributed by atoms with Crippen molar-refractivity contribution in [2.75, 3.05) is 7.11 Å². The predicted octanol–water partition coefficient (Wildman–Crippen LogP) is 1.81. The number of methoxy groups -OCH3 is 1. The lowest BCUT2D eigenvalue weighted by Gasteiger charge is -2.24. The minimum Gasteiger partial charge on any atom is -0.504 e. The molecule has 0 bridgehead atoms. The molecule has 4 nitrogen and oxygen atoms in total. The van der Waals surface area contributed by atoms with Crippen LogP contribution in [0.5, 0.6) is 11.5 Å². The maximum atomic E-state index is 11.7. The Morgan fingerprint density at radius 2 is 2.25 bits per heavy atom. The van der Waals surface area contributed by atoms with Crippen LogP contribution in [0.1, 0.15) is 28.4 Å². The molecule has 16 heavy (non-hydrogen) atoms. The second-order valence-electron chi connectivity index (χ2n) is 4.02. The molecule has 0 spiro atoms. The molecular formula is C12H14O4. The molecule has 0 radical (unpaired) electrons. The molecule has 1 aliphatic rings. The Hall–Kier alpha value is -1.71. The Kier molecular flexibility index (Phi) is 2.50. The largest absolute Gasteiger partial charge is 0.504 e. The van der Waals surface area contributed by atoms with E-state index in [1.807, 2.05) is 13.8 Å². The van der Waals surface area contributed by atoms with Gasteiger partial charge in [0.25, 0.3) is 0 Å². The molecule has 4 heteroatoms. The SMILES string of the molecule is COc1cc(C)c2c(c1O)C(=O)O[C@H](C)C2. The zero-order valence-corrected chi connectivity index (χ0v) is 9.53. The maximum Gasteiger partial charge on any atom is 0.342 e. The summed E-state index contributed by atoms with van der Waals surface area (Å²) in [7, 11) is 1.46. The van der Waals surface area contributed by atoms with Crippen molar-refractivity contribution in [1.29, 1.82) is 0 Å². The van der Waals surface area contributed by atoms with Gasteiger partial charge >= 0.3 is 5.97 Å². The second kappa shape index (κ2) is 3.70. The number of esters is 1. The minimum atomic E-state index is -0.478. The van der Waals surface area contributed by atoms with Crippen LogP contribution in [0, 0.1) is 6.92 Å². The van der Waals surface area contributed by atoms with Gasteiger partial charge in [-0.2, -0.15) is 0 Å². The van der Waals surface area contributed by atoms with Crippen molar-refractivity contribution in [3.05, 3.63) is 22.8 Å². The fourth-order valence-electron chi connectivity index (χ4n) is 2.02. The summed E-state index contributed by atoms with van der Waals surface area (Å²) in [6.45, 7) is 3.73. The Labute approximate surface area is 93.8 Å². The van der Waals surface area contributed by atoms with Gasteiger partial charge in [-0.25, -0.2) is 4.79 Å². The fraction of sp³-hybridized carbons (Fsp3) is 0.417. The van der Waals surface area contributed by atoms with Crippen molar-refractivity contribution in [1.82, 2.24) is 0 Å². The average molecular weight is 222 g/mol. The molecule has 1 aromatic rings. The van der Waals surface area contributed by atoms with Crippen LogP contribution in [0.25, 0.3) is 0 Å². The van der Waals surface area contributed by atoms with E-state index in [-0.39, 0.29) is 17.4 Å². The standard InChI is InChI=1S/C12H14O4/c1-6-4-9(15-3)11(13)10-8(6)5-7(2)16-12(10)14/h4,7,13H,5H2,1-3H3/t7-/m1/s1. The van der Waals surface area contributed by atoms with Crippen molar-refractivity contribution >= 4 is 5.97 Å². The van der Waals surface area contributed by atoms with Gasteiger partial charge in [-0.1, -0.05) is 0 Å². The average Bonchev–Trinajstić information content (AvgIpc) is 2.22. The first-order valence-corrected chi connectivity index (χ1v) is 5.15. The lowest BCUT2D eigenvalue weighted by atomic mass is 9.93. The highest BCUT2D eigenvalue weighted by atomic mass is 16.5. The van der Waals surface area contributed by atoms with Gasteiger partial charge in [0.1, 0.15) is 11.7 Å². The Morgan fingerprint density at radius 1 is 1.56 bits per heavy atom. The molecule has 0 saturated heterocycles. The minimum absolute atomic E-state index is 0.125. The first-order chi connectivity index (χ1) is 7.54. The number of ether oxygens (including phenoxy) is 2. The maximum absolute atomic E-state index is 11.7. The lowest BCUT2D eigenvalue weighted by molar-refractivity contribution is 0.0295. The molecule has 0 saturated carbocycles. The van der Waals surface area contributed by atoms with Crippen LogP contribution in [0.4, 0.5) is 0 Å². The highest BCUT2D eigenvalue weighted by molar-refractivity contribution is 5.96. The number of fused-ring (bicyclic) bond motifs is 1. The van der Waals surface area contributed by atoms with Crippen LogP contribution in [-0.4, -0.2) is 24.3 Å². The molecule has 1 aliphatic heterocycles. The number of aryl methyl sites for hydroxylation is 1. The Morgan fingerprint density at radius 3 is 2.88 bits per heavy atom. The number of cyclic esters (lactones) is 1. The number of phenolic OH excluding ortho intramolecular Hbond substituents is 1. The van der Waals surface area contributed by atoms with Gasteiger partial charge in [0.2, 0.25) is 0 Å². The number of phenols is 1. The van der Waals surface area contributed by atoms with E-state index in [0.29, 0.717) is 12.2 Å². The first-order valence-electron chi connectivity index (χ1n) is 5.15. The highest BCUT2D eigenvalue weighted by Crippen LogP contribution is 2.38. The van der Waals surface area contributed by atoms with Gasteiger partial charge in [-0.05, 0) is 31.0 Å². The molecule has 1 N–H and O–H groups in total. The van der Waals surface area contributed by atoms with Gasteiger partial charge in [0, 0.05) is 6.42 Å². The quantitative estimate of drug-likeness (QED) is 0.736. The number of hydrogen-bond donors (Lipinski definition) is 1. The summed E-state index contributed by atoms with van der Waals surface area (Å²) in [6.07, 6.45) is 0.483. The van der Waals surface area contributed by atoms with E-state index in [2.05, 4.69) is 0 Å². The molecule has 1 heterocycles. The normalized spacial score (nSPS) is 18.9. The van der Waals surface area contributed by atoms with E-state index in [0.717, 1.165) is 11.1 Å². The predicted molar refractivity (Wildman–Crippen MR) is 58.0 cm³/mol. The number of carbonyl (C=O) groups is 1. The Balaban J connectivity index is 2.66. The van der Waals surface area contributed by atoms with Crippen LogP contribution >= 0.6 is 0 Å². The summed E-state index contributed by atoms with van der Waals surface area (Å²) < 4.78 is 10.1. The van der Waals surface area contributed by atoms with Gasteiger partial charge in [0.15, 0.2) is 11.5 Å². The van der Waals surface area contributed by atoms with Crippen molar-refractivity contribution in [2.24, 2.45) is 0 Å². The van der Waals surface area contributed by atoms with Crippen molar-refractivity contribution in [3.8, 4) is 11.5 Å². The molecule has 1 aromatic carbocycles. The van der Waals surface area contributed by atoms with E-state index >= 15 is 0 Å². The summed E-state index contributed by atoms with van der Waals surface area (Å²) in [6, 6.07) is 1.74. The third-order valence-electron chi connectivity index (χ3n) is 2.82. The number of benzene rings is 1. The lowest BCUT2D eigenvalue weighted by Crippen LogP contribution is -2.26. The van der Waals surface area contributed by atoms with Gasteiger partial charge in [-0.3, -0.25) is 0 Å². The number of aromatic hydroxyl groups is 1. The summed E-state index contributed by atoms with van der Waals surface area (Å²) in [5.74, 6) is -0.295. The summed E-state index contributed by atoms with van der Waals surface area (Å²) in [4.78, 5) is 11.7. The van der Waals surface area contributed by atoms with Crippen LogP contribution in [-0.2, 0) is 11.2 Å². The zero-order chi connectivity index (χ0) is 11.9. The van der Waals surface area contributed by atoms with E-state index in [1.165, 1.54) is 7.11 Å². The molecule has 0 amide bonds. The summed E-state index contributed by atoms with van der Waals surface area (Å²) in [5, 5.41) is 9.89. The van der Waals surface area contributed by atoms with Crippen LogP contribution in [0.2, 0.25) is 0 Å². The fourth-order valence-corrected chi connectivity index (χ4v) is 2.02. The molecule has 0 unspecified atom stereocenters. The number of hydrogen-bond acceptors (Lipinski definition) is 4. The zero-order valence-electron chi connectivity index (χ0n) is 9.53. The van der Waals surface area contributed by atoms with Gasteiger partial charge in [-0.15, -0.1) is 0 Å². The van der Waals surface area contributed by atoms with Crippen LogP contribution in [0.3, 0.4) is 0 Å².